The number of fused-ring (bicyclic) bond motifs is 1. The molecule has 204 valence electrons. The standard InChI is InChI=1S/C29H31ClN4O5/c1-31-29(36)25-18-24(7-9-32-25)39-23-5-6-26-21(17-23)8-10-34(26)28(35)16-20-3-2-4-22(15-20)38-19-27(30)33-11-13-37-14-12-33/h2-7,9,15,17-18,27H,8,10-14,16,19H2,1H3,(H,31,36). The molecular weight excluding hydrogens is 520 g/mol. The van der Waals surface area contributed by atoms with Crippen LogP contribution in [0, 0.1) is 0 Å². The molecule has 10 heteroatoms. The van der Waals surface area contributed by atoms with Crippen LogP contribution in [0.3, 0.4) is 0 Å². The third-order valence-electron chi connectivity index (χ3n) is 6.76. The zero-order chi connectivity index (χ0) is 27.2. The number of benzene rings is 2. The van der Waals surface area contributed by atoms with E-state index in [4.69, 9.17) is 25.8 Å². The van der Waals surface area contributed by atoms with Crippen molar-refractivity contribution in [3.8, 4) is 17.2 Å². The Morgan fingerprint density at radius 3 is 2.69 bits per heavy atom. The van der Waals surface area contributed by atoms with Crippen molar-refractivity contribution >= 4 is 29.1 Å². The van der Waals surface area contributed by atoms with E-state index in [-0.39, 0.29) is 29.4 Å². The molecule has 39 heavy (non-hydrogen) atoms. The number of ether oxygens (including phenoxy) is 3. The maximum Gasteiger partial charge on any atom is 0.269 e. The topological polar surface area (TPSA) is 93.2 Å². The molecule has 2 aliphatic heterocycles. The van der Waals surface area contributed by atoms with Gasteiger partial charge < -0.3 is 24.4 Å². The molecule has 2 amide bonds. The van der Waals surface area contributed by atoms with Crippen molar-refractivity contribution < 1.29 is 23.8 Å². The van der Waals surface area contributed by atoms with E-state index in [0.717, 1.165) is 36.3 Å². The van der Waals surface area contributed by atoms with Crippen molar-refractivity contribution in [3.63, 3.8) is 0 Å². The normalized spacial score (nSPS) is 15.9. The van der Waals surface area contributed by atoms with Gasteiger partial charge in [0.15, 0.2) is 0 Å². The molecule has 5 rings (SSSR count). The molecule has 1 fully saturated rings. The number of rotatable bonds is 9. The molecule has 1 unspecified atom stereocenters. The highest BCUT2D eigenvalue weighted by atomic mass is 35.5. The number of morpholine rings is 1. The maximum absolute atomic E-state index is 13.2. The van der Waals surface area contributed by atoms with Crippen LogP contribution in [0.1, 0.15) is 21.6 Å². The van der Waals surface area contributed by atoms with E-state index in [9.17, 15) is 9.59 Å². The molecule has 1 saturated heterocycles. The van der Waals surface area contributed by atoms with Gasteiger partial charge in [-0.1, -0.05) is 12.1 Å². The monoisotopic (exact) mass is 550 g/mol. The fraction of sp³-hybridized carbons (Fsp3) is 0.345. The Morgan fingerprint density at radius 2 is 1.87 bits per heavy atom. The Balaban J connectivity index is 1.19. The summed E-state index contributed by atoms with van der Waals surface area (Å²) in [6.45, 7) is 3.91. The number of halogens is 1. The lowest BCUT2D eigenvalue weighted by atomic mass is 10.1. The van der Waals surface area contributed by atoms with Crippen molar-refractivity contribution in [2.24, 2.45) is 0 Å². The number of nitrogens with one attached hydrogen (secondary N) is 1. The van der Waals surface area contributed by atoms with Crippen LogP contribution in [0.4, 0.5) is 5.69 Å². The van der Waals surface area contributed by atoms with Crippen molar-refractivity contribution in [3.05, 3.63) is 77.6 Å². The number of nitrogens with zero attached hydrogens (tertiary/aromatic N) is 3. The van der Waals surface area contributed by atoms with E-state index >= 15 is 0 Å². The molecule has 3 heterocycles. The van der Waals surface area contributed by atoms with Crippen LogP contribution < -0.4 is 19.7 Å². The largest absolute Gasteiger partial charge is 0.491 e. The highest BCUT2D eigenvalue weighted by Crippen LogP contribution is 2.33. The van der Waals surface area contributed by atoms with Gasteiger partial charge in [0.1, 0.15) is 35.1 Å². The van der Waals surface area contributed by atoms with Crippen molar-refractivity contribution in [1.82, 2.24) is 15.2 Å². The summed E-state index contributed by atoms with van der Waals surface area (Å²) in [6.07, 6.45) is 2.54. The summed E-state index contributed by atoms with van der Waals surface area (Å²) in [7, 11) is 1.55. The van der Waals surface area contributed by atoms with Crippen molar-refractivity contribution in [1.29, 1.82) is 0 Å². The summed E-state index contributed by atoms with van der Waals surface area (Å²) in [5.41, 5.74) is 2.85. The van der Waals surface area contributed by atoms with Gasteiger partial charge in [0.25, 0.3) is 5.91 Å². The lowest BCUT2D eigenvalue weighted by Gasteiger charge is -2.30. The predicted molar refractivity (Wildman–Crippen MR) is 148 cm³/mol. The van der Waals surface area contributed by atoms with Gasteiger partial charge in [0.05, 0.1) is 19.6 Å². The first-order chi connectivity index (χ1) is 19.0. The average molecular weight is 551 g/mol. The quantitative estimate of drug-likeness (QED) is 0.321. The molecule has 1 aromatic heterocycles. The van der Waals surface area contributed by atoms with Gasteiger partial charge in [-0.05, 0) is 53.9 Å². The Morgan fingerprint density at radius 1 is 1.05 bits per heavy atom. The van der Waals surface area contributed by atoms with Crippen LogP contribution in [0.25, 0.3) is 0 Å². The first kappa shape index (κ1) is 26.9. The number of carbonyl (C=O) groups is 2. The lowest BCUT2D eigenvalue weighted by molar-refractivity contribution is -0.117. The first-order valence-corrected chi connectivity index (χ1v) is 13.4. The zero-order valence-electron chi connectivity index (χ0n) is 21.8. The third-order valence-corrected chi connectivity index (χ3v) is 7.16. The van der Waals surface area contributed by atoms with Crippen molar-refractivity contribution in [2.45, 2.75) is 18.3 Å². The smallest absolute Gasteiger partial charge is 0.269 e. The fourth-order valence-electron chi connectivity index (χ4n) is 4.71. The van der Waals surface area contributed by atoms with E-state index in [1.807, 2.05) is 47.4 Å². The molecule has 0 radical (unpaired) electrons. The molecule has 0 aliphatic carbocycles. The summed E-state index contributed by atoms with van der Waals surface area (Å²) < 4.78 is 17.3. The van der Waals surface area contributed by atoms with Crippen LogP contribution in [-0.2, 0) is 22.4 Å². The second-order valence-electron chi connectivity index (χ2n) is 9.36. The van der Waals surface area contributed by atoms with Gasteiger partial charge in [-0.25, -0.2) is 0 Å². The van der Waals surface area contributed by atoms with Gasteiger partial charge in [-0.2, -0.15) is 0 Å². The molecule has 9 nitrogen and oxygen atoms in total. The average Bonchev–Trinajstić information content (AvgIpc) is 3.40. The van der Waals surface area contributed by atoms with Crippen LogP contribution in [0.2, 0.25) is 0 Å². The minimum absolute atomic E-state index is 0.0208. The second-order valence-corrected chi connectivity index (χ2v) is 9.87. The lowest BCUT2D eigenvalue weighted by Crippen LogP contribution is -2.43. The minimum Gasteiger partial charge on any atom is -0.491 e. The molecule has 2 aliphatic rings. The van der Waals surface area contributed by atoms with Crippen LogP contribution in [-0.4, -0.2) is 73.7 Å². The summed E-state index contributed by atoms with van der Waals surface area (Å²) in [5.74, 6) is 1.58. The van der Waals surface area contributed by atoms with E-state index < -0.39 is 0 Å². The number of aromatic nitrogens is 1. The van der Waals surface area contributed by atoms with Crippen LogP contribution in [0.5, 0.6) is 17.2 Å². The van der Waals surface area contributed by atoms with Gasteiger partial charge in [-0.3, -0.25) is 19.5 Å². The molecular formula is C29H31ClN4O5. The van der Waals surface area contributed by atoms with Crippen LogP contribution >= 0.6 is 11.6 Å². The van der Waals surface area contributed by atoms with Crippen molar-refractivity contribution in [2.75, 3.05) is 51.4 Å². The Bertz CT molecular complexity index is 1330. The van der Waals surface area contributed by atoms with Gasteiger partial charge >= 0.3 is 0 Å². The molecule has 0 saturated carbocycles. The van der Waals surface area contributed by atoms with E-state index in [1.165, 1.54) is 6.20 Å². The Kier molecular flexibility index (Phi) is 8.61. The number of pyridine rings is 1. The van der Waals surface area contributed by atoms with E-state index in [2.05, 4.69) is 15.2 Å². The fourth-order valence-corrected chi connectivity index (χ4v) is 4.97. The van der Waals surface area contributed by atoms with Gasteiger partial charge in [0.2, 0.25) is 5.91 Å². The highest BCUT2D eigenvalue weighted by molar-refractivity contribution is 6.20. The zero-order valence-corrected chi connectivity index (χ0v) is 22.5. The third kappa shape index (κ3) is 6.68. The number of anilines is 1. The van der Waals surface area contributed by atoms with Gasteiger partial charge in [0, 0.05) is 44.6 Å². The summed E-state index contributed by atoms with van der Waals surface area (Å²) in [4.78, 5) is 33.1. The van der Waals surface area contributed by atoms with E-state index in [0.29, 0.717) is 43.6 Å². The molecule has 1 N–H and O–H groups in total. The first-order valence-electron chi connectivity index (χ1n) is 13.0. The number of carbonyl (C=O) groups excluding carboxylic acids is 2. The predicted octanol–water partition coefficient (Wildman–Crippen LogP) is 3.64. The molecule has 0 spiro atoms. The summed E-state index contributed by atoms with van der Waals surface area (Å²) >= 11 is 6.51. The summed E-state index contributed by atoms with van der Waals surface area (Å²) in [5, 5.41) is 2.55. The number of hydrogen-bond donors (Lipinski definition) is 1. The van der Waals surface area contributed by atoms with Gasteiger partial charge in [-0.15, -0.1) is 11.6 Å². The molecule has 3 aromatic rings. The molecule has 2 aromatic carbocycles. The molecule has 0 bridgehead atoms. The number of hydrogen-bond acceptors (Lipinski definition) is 7. The Labute approximate surface area is 232 Å². The van der Waals surface area contributed by atoms with Crippen LogP contribution in [0.15, 0.2) is 60.8 Å². The Hall–Kier alpha value is -3.66. The van der Waals surface area contributed by atoms with E-state index in [1.54, 1.807) is 19.2 Å². The number of amides is 2. The maximum atomic E-state index is 13.2. The molecule has 1 atom stereocenters. The second kappa shape index (κ2) is 12.5. The highest BCUT2D eigenvalue weighted by Gasteiger charge is 2.25. The SMILES string of the molecule is CNC(=O)c1cc(Oc2ccc3c(c2)CCN3C(=O)Cc2cccc(OCC(Cl)N3CCOCC3)c2)ccn1. The number of alkyl halides is 1. The minimum atomic E-state index is -0.281. The summed E-state index contributed by atoms with van der Waals surface area (Å²) in [6, 6.07) is 16.6.